The van der Waals surface area contributed by atoms with Crippen LogP contribution < -0.4 is 5.73 Å². The van der Waals surface area contributed by atoms with Crippen LogP contribution in [0.25, 0.3) is 0 Å². The van der Waals surface area contributed by atoms with Gasteiger partial charge >= 0.3 is 25.7 Å². The van der Waals surface area contributed by atoms with Crippen LogP contribution in [0.3, 0.4) is 0 Å². The first-order valence-corrected chi connectivity index (χ1v) is 26.1. The Kier molecular flexibility index (Phi) is 42.0. The third-order valence-corrected chi connectivity index (χ3v) is 12.1. The summed E-state index contributed by atoms with van der Waals surface area (Å²) >= 11 is 0. The molecule has 0 fully saturated rings. The number of ether oxygens (including phenoxy) is 2. The molecule has 0 aromatic rings. The number of phosphoric ester groups is 1. The number of hydrogen-bond acceptors (Lipinski definition) is 9. The summed E-state index contributed by atoms with van der Waals surface area (Å²) in [5.41, 5.74) is 5.34. The van der Waals surface area contributed by atoms with Crippen LogP contribution in [0.2, 0.25) is 0 Å². The summed E-state index contributed by atoms with van der Waals surface area (Å²) in [6.07, 6.45) is 43.1. The lowest BCUT2D eigenvalue weighted by Gasteiger charge is -2.20. The highest BCUT2D eigenvalue weighted by molar-refractivity contribution is 7.47. The van der Waals surface area contributed by atoms with Gasteiger partial charge < -0.3 is 25.2 Å². The Morgan fingerprint density at radius 3 is 1.07 bits per heavy atom. The largest absolute Gasteiger partial charge is 0.480 e. The highest BCUT2D eigenvalue weighted by Crippen LogP contribution is 2.43. The summed E-state index contributed by atoms with van der Waals surface area (Å²) in [5.74, 6) is -2.35. The Morgan fingerprint density at radius 2 is 0.746 bits per heavy atom. The monoisotopic (exact) mass is 862 g/mol. The highest BCUT2D eigenvalue weighted by atomic mass is 31.2. The van der Waals surface area contributed by atoms with Gasteiger partial charge in [0.05, 0.1) is 13.2 Å². The number of carboxylic acid groups (broad SMARTS) is 1. The average molecular weight is 862 g/mol. The summed E-state index contributed by atoms with van der Waals surface area (Å²) in [6, 6.07) is -1.52. The second kappa shape index (κ2) is 43.1. The molecule has 0 saturated heterocycles. The van der Waals surface area contributed by atoms with Gasteiger partial charge in [0.15, 0.2) is 6.10 Å². The van der Waals surface area contributed by atoms with Crippen molar-refractivity contribution >= 4 is 25.7 Å². The van der Waals surface area contributed by atoms with Crippen molar-refractivity contribution in [2.24, 2.45) is 5.73 Å². The van der Waals surface area contributed by atoms with E-state index in [2.05, 4.69) is 18.4 Å². The third-order valence-electron chi connectivity index (χ3n) is 11.1. The molecule has 0 aliphatic rings. The lowest BCUT2D eigenvalue weighted by Crippen LogP contribution is -2.34. The highest BCUT2D eigenvalue weighted by Gasteiger charge is 2.28. The minimum Gasteiger partial charge on any atom is -0.480 e. The quantitative estimate of drug-likeness (QED) is 0.0302. The molecule has 0 spiro atoms. The zero-order valence-corrected chi connectivity index (χ0v) is 39.0. The van der Waals surface area contributed by atoms with E-state index in [0.29, 0.717) is 12.8 Å². The van der Waals surface area contributed by atoms with E-state index in [1.165, 1.54) is 173 Å². The Balaban J connectivity index is 4.18. The van der Waals surface area contributed by atoms with E-state index in [1.54, 1.807) is 0 Å². The molecule has 3 unspecified atom stereocenters. The summed E-state index contributed by atoms with van der Waals surface area (Å²) in [4.78, 5) is 46.0. The normalized spacial score (nSPS) is 13.6. The number of nitrogens with two attached hydrogens (primary N) is 1. The van der Waals surface area contributed by atoms with E-state index in [0.717, 1.165) is 38.5 Å². The molecule has 11 nitrogen and oxygen atoms in total. The fraction of sp³-hybridized carbons (Fsp3) is 0.936. The first-order valence-electron chi connectivity index (χ1n) is 24.6. The Labute approximate surface area is 361 Å². The van der Waals surface area contributed by atoms with Crippen molar-refractivity contribution in [2.45, 2.75) is 264 Å². The number of esters is 2. The lowest BCUT2D eigenvalue weighted by molar-refractivity contribution is -0.161. The van der Waals surface area contributed by atoms with Gasteiger partial charge in [-0.3, -0.25) is 23.4 Å². The standard InChI is InChI=1S/C47H92NO10P/c1-3-5-7-9-11-13-15-17-18-19-20-21-22-23-24-25-27-29-31-33-35-37-39-46(50)58-43(41-56-59(53,54)57-42-44(48)47(51)52)40-55-45(49)38-36-34-32-30-28-26-16-14-12-10-8-6-4-2/h43-44H,3-42,48H2,1-2H3,(H,51,52)(H,53,54). The Morgan fingerprint density at radius 1 is 0.458 bits per heavy atom. The van der Waals surface area contributed by atoms with Gasteiger partial charge in [0, 0.05) is 12.8 Å². The number of phosphoric acid groups is 1. The minimum atomic E-state index is -4.71. The number of hydrogen-bond donors (Lipinski definition) is 3. The number of aliphatic carboxylic acids is 1. The van der Waals surface area contributed by atoms with Crippen molar-refractivity contribution in [3.63, 3.8) is 0 Å². The van der Waals surface area contributed by atoms with Crippen LogP contribution in [0.5, 0.6) is 0 Å². The lowest BCUT2D eigenvalue weighted by atomic mass is 10.0. The van der Waals surface area contributed by atoms with Crippen LogP contribution in [-0.2, 0) is 37.5 Å². The van der Waals surface area contributed by atoms with Crippen molar-refractivity contribution in [1.29, 1.82) is 0 Å². The first-order chi connectivity index (χ1) is 28.6. The fourth-order valence-electron chi connectivity index (χ4n) is 7.24. The zero-order chi connectivity index (χ0) is 43.5. The summed E-state index contributed by atoms with van der Waals surface area (Å²) in [7, 11) is -4.71. The topological polar surface area (TPSA) is 172 Å². The van der Waals surface area contributed by atoms with Gasteiger partial charge in [-0.25, -0.2) is 4.57 Å². The van der Waals surface area contributed by atoms with Crippen molar-refractivity contribution in [1.82, 2.24) is 0 Å². The van der Waals surface area contributed by atoms with Gasteiger partial charge in [-0.15, -0.1) is 0 Å². The number of carbonyl (C=O) groups is 3. The molecule has 0 amide bonds. The van der Waals surface area contributed by atoms with Gasteiger partial charge in [0.2, 0.25) is 0 Å². The van der Waals surface area contributed by atoms with E-state index in [4.69, 9.17) is 24.8 Å². The smallest absolute Gasteiger partial charge is 0.472 e. The molecule has 59 heavy (non-hydrogen) atoms. The van der Waals surface area contributed by atoms with Crippen LogP contribution in [0.1, 0.15) is 251 Å². The minimum absolute atomic E-state index is 0.170. The van der Waals surface area contributed by atoms with Crippen molar-refractivity contribution in [3.05, 3.63) is 0 Å². The van der Waals surface area contributed by atoms with E-state index in [9.17, 15) is 23.8 Å². The van der Waals surface area contributed by atoms with Crippen LogP contribution in [0.4, 0.5) is 0 Å². The van der Waals surface area contributed by atoms with Gasteiger partial charge in [-0.2, -0.15) is 0 Å². The third kappa shape index (κ3) is 42.9. The number of carbonyl (C=O) groups excluding carboxylic acids is 2. The predicted molar refractivity (Wildman–Crippen MR) is 240 cm³/mol. The Bertz CT molecular complexity index is 1020. The molecule has 0 aliphatic carbocycles. The molecule has 0 aliphatic heterocycles. The predicted octanol–water partition coefficient (Wildman–Crippen LogP) is 13.5. The van der Waals surface area contributed by atoms with Crippen LogP contribution in [-0.4, -0.2) is 59.9 Å². The molecular formula is C47H92NO10P. The maximum Gasteiger partial charge on any atom is 0.472 e. The molecule has 0 heterocycles. The van der Waals surface area contributed by atoms with E-state index >= 15 is 0 Å². The van der Waals surface area contributed by atoms with Crippen molar-refractivity contribution in [3.8, 4) is 0 Å². The first kappa shape index (κ1) is 57.5. The molecule has 0 saturated carbocycles. The number of carboxylic acids is 1. The van der Waals surface area contributed by atoms with Crippen LogP contribution in [0.15, 0.2) is 0 Å². The molecule has 12 heteroatoms. The molecular weight excluding hydrogens is 769 g/mol. The molecule has 0 aromatic carbocycles. The van der Waals surface area contributed by atoms with E-state index in [1.807, 2.05) is 0 Å². The molecule has 0 rings (SSSR count). The Hall–Kier alpha value is -1.52. The van der Waals surface area contributed by atoms with Crippen LogP contribution >= 0.6 is 7.82 Å². The summed E-state index contributed by atoms with van der Waals surface area (Å²) in [5, 5.41) is 8.90. The van der Waals surface area contributed by atoms with E-state index in [-0.39, 0.29) is 19.4 Å². The molecule has 350 valence electrons. The number of unbranched alkanes of at least 4 members (excludes halogenated alkanes) is 33. The van der Waals surface area contributed by atoms with Crippen LogP contribution in [0, 0.1) is 0 Å². The van der Waals surface area contributed by atoms with Gasteiger partial charge in [-0.1, -0.05) is 226 Å². The second-order valence-corrected chi connectivity index (χ2v) is 18.4. The van der Waals surface area contributed by atoms with E-state index < -0.39 is 51.1 Å². The molecule has 0 aromatic heterocycles. The maximum absolute atomic E-state index is 12.7. The van der Waals surface area contributed by atoms with Crippen molar-refractivity contribution < 1.29 is 47.5 Å². The fourth-order valence-corrected chi connectivity index (χ4v) is 8.02. The molecule has 0 radical (unpaired) electrons. The number of rotatable bonds is 47. The van der Waals surface area contributed by atoms with Gasteiger partial charge in [0.25, 0.3) is 0 Å². The second-order valence-electron chi connectivity index (χ2n) is 17.0. The summed E-state index contributed by atoms with van der Waals surface area (Å²) in [6.45, 7) is 2.85. The summed E-state index contributed by atoms with van der Waals surface area (Å²) < 4.78 is 32.8. The zero-order valence-electron chi connectivity index (χ0n) is 38.1. The maximum atomic E-state index is 12.7. The van der Waals surface area contributed by atoms with Gasteiger partial charge in [-0.05, 0) is 12.8 Å². The molecule has 0 bridgehead atoms. The molecule has 4 N–H and O–H groups in total. The SMILES string of the molecule is CCCCCCCCCCCCCCCCCCCCCCCCC(=O)OC(COC(=O)CCCCCCCCCCCCCCC)COP(=O)(O)OCC(N)C(=O)O. The van der Waals surface area contributed by atoms with Crippen molar-refractivity contribution in [2.75, 3.05) is 19.8 Å². The van der Waals surface area contributed by atoms with Gasteiger partial charge in [0.1, 0.15) is 12.6 Å². The molecule has 3 atom stereocenters. The average Bonchev–Trinajstić information content (AvgIpc) is 3.21.